The standard InChI is InChI=1S/C18H20N4O3/c23-16-12-25-17-14(6-3-7-15(17)20-16)18(24)22-10-2-1-5-13(22)11-21-9-4-8-19-21/h3-4,6-9,13H,1-2,5,10-12H2,(H,20,23). The van der Waals surface area contributed by atoms with Gasteiger partial charge in [0.15, 0.2) is 12.4 Å². The van der Waals surface area contributed by atoms with Crippen molar-refractivity contribution in [3.05, 3.63) is 42.2 Å². The smallest absolute Gasteiger partial charge is 0.262 e. The summed E-state index contributed by atoms with van der Waals surface area (Å²) in [5.41, 5.74) is 1.06. The molecule has 7 heteroatoms. The van der Waals surface area contributed by atoms with E-state index in [1.54, 1.807) is 24.4 Å². The first-order valence-electron chi connectivity index (χ1n) is 8.56. The van der Waals surface area contributed by atoms with Crippen LogP contribution in [0.5, 0.6) is 5.75 Å². The van der Waals surface area contributed by atoms with Gasteiger partial charge < -0.3 is 15.0 Å². The average Bonchev–Trinajstić information content (AvgIpc) is 3.14. The summed E-state index contributed by atoms with van der Waals surface area (Å²) < 4.78 is 7.41. The van der Waals surface area contributed by atoms with Crippen molar-refractivity contribution < 1.29 is 14.3 Å². The first kappa shape index (κ1) is 15.7. The van der Waals surface area contributed by atoms with Gasteiger partial charge in [0, 0.05) is 18.9 Å². The Hall–Kier alpha value is -2.83. The summed E-state index contributed by atoms with van der Waals surface area (Å²) in [5.74, 6) is 0.215. The number of ether oxygens (including phenoxy) is 1. The van der Waals surface area contributed by atoms with E-state index in [1.165, 1.54) is 0 Å². The van der Waals surface area contributed by atoms with E-state index in [-0.39, 0.29) is 24.5 Å². The van der Waals surface area contributed by atoms with Gasteiger partial charge in [0.1, 0.15) is 0 Å². The molecule has 2 aromatic rings. The van der Waals surface area contributed by atoms with E-state index in [4.69, 9.17) is 4.74 Å². The van der Waals surface area contributed by atoms with E-state index in [9.17, 15) is 9.59 Å². The zero-order valence-corrected chi connectivity index (χ0v) is 13.9. The van der Waals surface area contributed by atoms with Crippen LogP contribution in [0.15, 0.2) is 36.7 Å². The molecule has 0 aliphatic carbocycles. The predicted molar refractivity (Wildman–Crippen MR) is 91.5 cm³/mol. The number of nitrogens with zero attached hydrogens (tertiary/aromatic N) is 3. The van der Waals surface area contributed by atoms with Gasteiger partial charge >= 0.3 is 0 Å². The Labute approximate surface area is 145 Å². The quantitative estimate of drug-likeness (QED) is 0.926. The maximum absolute atomic E-state index is 13.2. The van der Waals surface area contributed by atoms with Crippen molar-refractivity contribution in [2.75, 3.05) is 18.5 Å². The lowest BCUT2D eigenvalue weighted by Crippen LogP contribution is -2.46. The molecule has 0 spiro atoms. The number of benzene rings is 1. The van der Waals surface area contributed by atoms with Crippen LogP contribution in [0.3, 0.4) is 0 Å². The van der Waals surface area contributed by atoms with Crippen molar-refractivity contribution in [3.8, 4) is 5.75 Å². The van der Waals surface area contributed by atoms with Crippen molar-refractivity contribution >= 4 is 17.5 Å². The monoisotopic (exact) mass is 340 g/mol. The van der Waals surface area contributed by atoms with E-state index in [2.05, 4.69) is 10.4 Å². The average molecular weight is 340 g/mol. The van der Waals surface area contributed by atoms with Crippen LogP contribution in [-0.4, -0.2) is 45.7 Å². The van der Waals surface area contributed by atoms with Crippen molar-refractivity contribution in [2.45, 2.75) is 31.8 Å². The number of carbonyl (C=O) groups is 2. The van der Waals surface area contributed by atoms with Crippen LogP contribution in [0.1, 0.15) is 29.6 Å². The van der Waals surface area contributed by atoms with Gasteiger partial charge in [0.25, 0.3) is 11.8 Å². The summed E-state index contributed by atoms with van der Waals surface area (Å²) in [6, 6.07) is 7.28. The Kier molecular flexibility index (Phi) is 4.13. The Bertz CT molecular complexity index is 788. The Morgan fingerprint density at radius 2 is 2.24 bits per heavy atom. The maximum atomic E-state index is 13.2. The van der Waals surface area contributed by atoms with Crippen LogP contribution in [-0.2, 0) is 11.3 Å². The number of hydrogen-bond donors (Lipinski definition) is 1. The number of para-hydroxylation sites is 1. The molecule has 1 aromatic heterocycles. The van der Waals surface area contributed by atoms with Crippen LogP contribution < -0.4 is 10.1 Å². The van der Waals surface area contributed by atoms with Crippen molar-refractivity contribution in [1.29, 1.82) is 0 Å². The van der Waals surface area contributed by atoms with Crippen molar-refractivity contribution in [2.24, 2.45) is 0 Å². The second-order valence-corrected chi connectivity index (χ2v) is 6.40. The van der Waals surface area contributed by atoms with E-state index in [1.807, 2.05) is 21.8 Å². The third-order valence-electron chi connectivity index (χ3n) is 4.71. The van der Waals surface area contributed by atoms with Crippen molar-refractivity contribution in [3.63, 3.8) is 0 Å². The van der Waals surface area contributed by atoms with Crippen LogP contribution in [0.25, 0.3) is 0 Å². The second-order valence-electron chi connectivity index (χ2n) is 6.40. The topological polar surface area (TPSA) is 76.5 Å². The molecule has 7 nitrogen and oxygen atoms in total. The number of likely N-dealkylation sites (tertiary alicyclic amines) is 1. The third kappa shape index (κ3) is 3.09. The molecule has 1 atom stereocenters. The van der Waals surface area contributed by atoms with Gasteiger partial charge in [-0.2, -0.15) is 5.10 Å². The van der Waals surface area contributed by atoms with Gasteiger partial charge in [-0.05, 0) is 37.5 Å². The van der Waals surface area contributed by atoms with Crippen LogP contribution in [0.4, 0.5) is 5.69 Å². The maximum Gasteiger partial charge on any atom is 0.262 e. The first-order valence-corrected chi connectivity index (χ1v) is 8.56. The van der Waals surface area contributed by atoms with Gasteiger partial charge in [-0.15, -0.1) is 0 Å². The molecule has 1 aromatic carbocycles. The molecular formula is C18H20N4O3. The molecule has 0 saturated carbocycles. The Balaban J connectivity index is 1.60. The molecule has 2 aliphatic heterocycles. The lowest BCUT2D eigenvalue weighted by Gasteiger charge is -2.36. The minimum Gasteiger partial charge on any atom is -0.481 e. The molecule has 1 N–H and O–H groups in total. The molecular weight excluding hydrogens is 320 g/mol. The molecule has 2 aliphatic rings. The Morgan fingerprint density at radius 1 is 1.32 bits per heavy atom. The minimum absolute atomic E-state index is 0.0511. The number of rotatable bonds is 3. The lowest BCUT2D eigenvalue weighted by molar-refractivity contribution is -0.118. The van der Waals surface area contributed by atoms with E-state index in [0.717, 1.165) is 25.8 Å². The zero-order valence-electron chi connectivity index (χ0n) is 13.9. The summed E-state index contributed by atoms with van der Waals surface area (Å²) >= 11 is 0. The molecule has 3 heterocycles. The van der Waals surface area contributed by atoms with E-state index in [0.29, 0.717) is 23.5 Å². The summed E-state index contributed by atoms with van der Waals surface area (Å²) in [7, 11) is 0. The summed E-state index contributed by atoms with van der Waals surface area (Å²) in [5, 5.41) is 7.02. The van der Waals surface area contributed by atoms with E-state index < -0.39 is 0 Å². The van der Waals surface area contributed by atoms with Gasteiger partial charge in [0.05, 0.1) is 23.8 Å². The van der Waals surface area contributed by atoms with Gasteiger partial charge in [-0.25, -0.2) is 0 Å². The number of fused-ring (bicyclic) bond motifs is 1. The summed E-state index contributed by atoms with van der Waals surface area (Å²) in [4.78, 5) is 26.6. The zero-order chi connectivity index (χ0) is 17.2. The summed E-state index contributed by atoms with van der Waals surface area (Å²) in [6.45, 7) is 1.35. The van der Waals surface area contributed by atoms with Crippen LogP contribution >= 0.6 is 0 Å². The number of aromatic nitrogens is 2. The highest BCUT2D eigenvalue weighted by Crippen LogP contribution is 2.33. The molecule has 130 valence electrons. The van der Waals surface area contributed by atoms with Crippen molar-refractivity contribution in [1.82, 2.24) is 14.7 Å². The van der Waals surface area contributed by atoms with Gasteiger partial charge in [-0.1, -0.05) is 6.07 Å². The Morgan fingerprint density at radius 3 is 3.08 bits per heavy atom. The number of carbonyl (C=O) groups excluding carboxylic acids is 2. The molecule has 1 unspecified atom stereocenters. The number of nitrogens with one attached hydrogen (secondary N) is 1. The fourth-order valence-electron chi connectivity index (χ4n) is 3.52. The fraction of sp³-hybridized carbons (Fsp3) is 0.389. The molecule has 25 heavy (non-hydrogen) atoms. The number of piperidine rings is 1. The lowest BCUT2D eigenvalue weighted by atomic mass is 10.00. The minimum atomic E-state index is -0.202. The van der Waals surface area contributed by atoms with Crippen LogP contribution in [0, 0.1) is 0 Å². The fourth-order valence-corrected chi connectivity index (χ4v) is 3.52. The SMILES string of the molecule is O=C1COc2c(cccc2C(=O)N2CCCCC2Cn2cccn2)N1. The molecule has 2 amide bonds. The van der Waals surface area contributed by atoms with Gasteiger partial charge in [0.2, 0.25) is 0 Å². The molecule has 4 rings (SSSR count). The predicted octanol–water partition coefficient (Wildman–Crippen LogP) is 1.91. The number of anilines is 1. The van der Waals surface area contributed by atoms with E-state index >= 15 is 0 Å². The largest absolute Gasteiger partial charge is 0.481 e. The first-order chi connectivity index (χ1) is 12.2. The van der Waals surface area contributed by atoms with Crippen LogP contribution in [0.2, 0.25) is 0 Å². The highest BCUT2D eigenvalue weighted by molar-refractivity contribution is 6.03. The number of amides is 2. The normalized spacial score (nSPS) is 19.8. The highest BCUT2D eigenvalue weighted by atomic mass is 16.5. The molecule has 1 fully saturated rings. The molecule has 0 radical (unpaired) electrons. The highest BCUT2D eigenvalue weighted by Gasteiger charge is 2.31. The molecule has 0 bridgehead atoms. The summed E-state index contributed by atoms with van der Waals surface area (Å²) in [6.07, 6.45) is 6.72. The number of hydrogen-bond acceptors (Lipinski definition) is 4. The second kappa shape index (κ2) is 6.58. The molecule has 1 saturated heterocycles. The van der Waals surface area contributed by atoms with Gasteiger partial charge in [-0.3, -0.25) is 14.3 Å². The third-order valence-corrected chi connectivity index (χ3v) is 4.71.